The predicted octanol–water partition coefficient (Wildman–Crippen LogP) is 2.47. The Morgan fingerprint density at radius 2 is 2.00 bits per heavy atom. The van der Waals surface area contributed by atoms with E-state index in [0.717, 1.165) is 38.3 Å². The minimum atomic E-state index is -0.556. The summed E-state index contributed by atoms with van der Waals surface area (Å²) in [7, 11) is 0. The van der Waals surface area contributed by atoms with Gasteiger partial charge in [0.1, 0.15) is 11.6 Å². The molecule has 7 nitrogen and oxygen atoms in total. The van der Waals surface area contributed by atoms with Gasteiger partial charge in [0, 0.05) is 43.9 Å². The Balaban J connectivity index is 1.35. The fourth-order valence-electron chi connectivity index (χ4n) is 4.18. The molecule has 1 amide bonds. The number of carbonyl (C=O) groups is 1. The van der Waals surface area contributed by atoms with Gasteiger partial charge in [0.05, 0.1) is 19.4 Å². The lowest BCUT2D eigenvalue weighted by Gasteiger charge is -2.36. The zero-order valence-electron chi connectivity index (χ0n) is 17.0. The first kappa shape index (κ1) is 20.9. The van der Waals surface area contributed by atoms with Crippen LogP contribution >= 0.6 is 0 Å². The van der Waals surface area contributed by atoms with E-state index in [1.54, 1.807) is 15.8 Å². The standard InChI is InChI=1S/C21H27F2N5O2/c22-17-5-4-16(19(23)13-17)14-27-7-2-1-3-18(27)6-8-28-15-20(24-25-28)21(29)26-9-11-30-12-10-26/h4-5,13,15,18H,1-3,6-12,14H2. The van der Waals surface area contributed by atoms with Crippen LogP contribution in [0.3, 0.4) is 0 Å². The highest BCUT2D eigenvalue weighted by Gasteiger charge is 2.24. The molecule has 0 N–H and O–H groups in total. The third kappa shape index (κ3) is 5.02. The van der Waals surface area contributed by atoms with Gasteiger partial charge in [-0.25, -0.2) is 8.78 Å². The number of aromatic nitrogens is 3. The van der Waals surface area contributed by atoms with Crippen molar-refractivity contribution in [3.05, 3.63) is 47.3 Å². The Kier molecular flexibility index (Phi) is 6.69. The summed E-state index contributed by atoms with van der Waals surface area (Å²) in [5.74, 6) is -1.17. The molecule has 2 saturated heterocycles. The van der Waals surface area contributed by atoms with Crippen molar-refractivity contribution < 1.29 is 18.3 Å². The number of hydrogen-bond donors (Lipinski definition) is 0. The predicted molar refractivity (Wildman–Crippen MR) is 106 cm³/mol. The maximum absolute atomic E-state index is 14.1. The lowest BCUT2D eigenvalue weighted by Crippen LogP contribution is -2.40. The van der Waals surface area contributed by atoms with Crippen LogP contribution in [0.2, 0.25) is 0 Å². The molecule has 1 aromatic heterocycles. The minimum absolute atomic E-state index is 0.115. The summed E-state index contributed by atoms with van der Waals surface area (Å²) < 4.78 is 34.3. The summed E-state index contributed by atoms with van der Waals surface area (Å²) in [6.45, 7) is 4.23. The summed E-state index contributed by atoms with van der Waals surface area (Å²) in [6, 6.07) is 4.05. The van der Waals surface area contributed by atoms with Crippen LogP contribution in [0.1, 0.15) is 41.7 Å². The number of morpholine rings is 1. The van der Waals surface area contributed by atoms with Gasteiger partial charge in [-0.15, -0.1) is 5.10 Å². The molecule has 1 atom stereocenters. The Morgan fingerprint density at radius 1 is 1.17 bits per heavy atom. The second kappa shape index (κ2) is 9.61. The number of hydrogen-bond acceptors (Lipinski definition) is 5. The highest BCUT2D eigenvalue weighted by molar-refractivity contribution is 5.91. The number of piperidine rings is 1. The van der Waals surface area contributed by atoms with Crippen LogP contribution in [0.5, 0.6) is 0 Å². The topological polar surface area (TPSA) is 63.5 Å². The molecule has 1 unspecified atom stereocenters. The first-order valence-corrected chi connectivity index (χ1v) is 10.6. The van der Waals surface area contributed by atoms with Gasteiger partial charge < -0.3 is 9.64 Å². The molecule has 2 aliphatic heterocycles. The van der Waals surface area contributed by atoms with E-state index >= 15 is 0 Å². The van der Waals surface area contributed by atoms with Crippen LogP contribution in [0.15, 0.2) is 24.4 Å². The molecular weight excluding hydrogens is 392 g/mol. The number of carbonyl (C=O) groups excluding carboxylic acids is 1. The van der Waals surface area contributed by atoms with Crippen LogP contribution in [0.25, 0.3) is 0 Å². The van der Waals surface area contributed by atoms with Crippen molar-refractivity contribution in [2.75, 3.05) is 32.8 Å². The SMILES string of the molecule is O=C(c1cn(CCC2CCCCN2Cc2ccc(F)cc2F)nn1)N1CCOCC1. The molecule has 4 rings (SSSR count). The van der Waals surface area contributed by atoms with Crippen molar-refractivity contribution in [2.45, 2.75) is 44.8 Å². The maximum Gasteiger partial charge on any atom is 0.276 e. The zero-order chi connectivity index (χ0) is 20.9. The second-order valence-corrected chi connectivity index (χ2v) is 7.92. The molecular formula is C21H27F2N5O2. The molecule has 2 aromatic rings. The molecule has 30 heavy (non-hydrogen) atoms. The van der Waals surface area contributed by atoms with E-state index in [2.05, 4.69) is 15.2 Å². The van der Waals surface area contributed by atoms with E-state index in [0.29, 0.717) is 50.7 Å². The van der Waals surface area contributed by atoms with Crippen LogP contribution in [-0.2, 0) is 17.8 Å². The number of ether oxygens (including phenoxy) is 1. The third-order valence-corrected chi connectivity index (χ3v) is 5.89. The van der Waals surface area contributed by atoms with Crippen molar-refractivity contribution in [3.63, 3.8) is 0 Å². The van der Waals surface area contributed by atoms with Gasteiger partial charge in [0.2, 0.25) is 0 Å². The number of benzene rings is 1. The number of rotatable bonds is 6. The zero-order valence-corrected chi connectivity index (χ0v) is 17.0. The summed E-state index contributed by atoms with van der Waals surface area (Å²) in [6.07, 6.45) is 5.76. The van der Waals surface area contributed by atoms with E-state index in [1.165, 1.54) is 12.1 Å². The van der Waals surface area contributed by atoms with Crippen LogP contribution in [0.4, 0.5) is 8.78 Å². The first-order valence-electron chi connectivity index (χ1n) is 10.6. The van der Waals surface area contributed by atoms with E-state index < -0.39 is 11.6 Å². The molecule has 0 spiro atoms. The van der Waals surface area contributed by atoms with Gasteiger partial charge in [-0.3, -0.25) is 14.4 Å². The van der Waals surface area contributed by atoms with Gasteiger partial charge in [-0.1, -0.05) is 17.7 Å². The van der Waals surface area contributed by atoms with Crippen molar-refractivity contribution >= 4 is 5.91 Å². The Morgan fingerprint density at radius 3 is 2.80 bits per heavy atom. The van der Waals surface area contributed by atoms with Crippen molar-refractivity contribution in [2.24, 2.45) is 0 Å². The second-order valence-electron chi connectivity index (χ2n) is 7.92. The molecule has 1 aromatic carbocycles. The average molecular weight is 419 g/mol. The van der Waals surface area contributed by atoms with Gasteiger partial charge in [0.15, 0.2) is 5.69 Å². The molecule has 3 heterocycles. The molecule has 2 aliphatic rings. The summed E-state index contributed by atoms with van der Waals surface area (Å²) >= 11 is 0. The van der Waals surface area contributed by atoms with E-state index in [9.17, 15) is 13.6 Å². The average Bonchev–Trinajstić information content (AvgIpc) is 3.24. The highest BCUT2D eigenvalue weighted by atomic mass is 19.1. The Bertz CT molecular complexity index is 869. The number of aryl methyl sites for hydroxylation is 1. The smallest absolute Gasteiger partial charge is 0.276 e. The number of halogens is 2. The fraction of sp³-hybridized carbons (Fsp3) is 0.571. The maximum atomic E-state index is 14.1. The van der Waals surface area contributed by atoms with Gasteiger partial charge in [-0.05, 0) is 31.9 Å². The molecule has 0 bridgehead atoms. The molecule has 9 heteroatoms. The number of nitrogens with zero attached hydrogens (tertiary/aromatic N) is 5. The summed E-state index contributed by atoms with van der Waals surface area (Å²) in [5.41, 5.74) is 0.869. The quantitative estimate of drug-likeness (QED) is 0.720. The largest absolute Gasteiger partial charge is 0.378 e. The lowest BCUT2D eigenvalue weighted by atomic mass is 9.98. The van der Waals surface area contributed by atoms with Crippen molar-refractivity contribution in [1.29, 1.82) is 0 Å². The summed E-state index contributed by atoms with van der Waals surface area (Å²) in [5, 5.41) is 8.16. The molecule has 0 aliphatic carbocycles. The number of amides is 1. The van der Waals surface area contributed by atoms with Crippen LogP contribution in [-0.4, -0.2) is 69.6 Å². The normalized spacial score (nSPS) is 20.5. The summed E-state index contributed by atoms with van der Waals surface area (Å²) in [4.78, 5) is 16.5. The molecule has 0 saturated carbocycles. The Labute approximate surface area is 174 Å². The first-order chi connectivity index (χ1) is 14.6. The van der Waals surface area contributed by atoms with Crippen LogP contribution in [0, 0.1) is 11.6 Å². The highest BCUT2D eigenvalue weighted by Crippen LogP contribution is 2.23. The molecule has 2 fully saturated rings. The van der Waals surface area contributed by atoms with Gasteiger partial charge >= 0.3 is 0 Å². The molecule has 162 valence electrons. The lowest BCUT2D eigenvalue weighted by molar-refractivity contribution is 0.0299. The molecule has 0 radical (unpaired) electrons. The van der Waals surface area contributed by atoms with Crippen LogP contribution < -0.4 is 0 Å². The van der Waals surface area contributed by atoms with E-state index in [1.807, 2.05) is 0 Å². The van der Waals surface area contributed by atoms with E-state index in [4.69, 9.17) is 4.74 Å². The third-order valence-electron chi connectivity index (χ3n) is 5.89. The monoisotopic (exact) mass is 419 g/mol. The Hall–Kier alpha value is -2.39. The minimum Gasteiger partial charge on any atom is -0.378 e. The van der Waals surface area contributed by atoms with E-state index in [-0.39, 0.29) is 11.9 Å². The fourth-order valence-corrected chi connectivity index (χ4v) is 4.18. The van der Waals surface area contributed by atoms with Gasteiger partial charge in [-0.2, -0.15) is 0 Å². The van der Waals surface area contributed by atoms with Crippen molar-refractivity contribution in [3.8, 4) is 0 Å². The van der Waals surface area contributed by atoms with Crippen molar-refractivity contribution in [1.82, 2.24) is 24.8 Å². The van der Waals surface area contributed by atoms with Gasteiger partial charge in [0.25, 0.3) is 5.91 Å². The number of likely N-dealkylation sites (tertiary alicyclic amines) is 1.